The van der Waals surface area contributed by atoms with E-state index in [4.69, 9.17) is 27.9 Å². The quantitative estimate of drug-likeness (QED) is 0.592. The third kappa shape index (κ3) is 6.92. The largest absolute Gasteiger partial charge is 0.484 e. The van der Waals surface area contributed by atoms with Crippen molar-refractivity contribution >= 4 is 35.0 Å². The van der Waals surface area contributed by atoms with Gasteiger partial charge in [-0.15, -0.1) is 0 Å². The third-order valence-corrected chi connectivity index (χ3v) is 5.37. The molecule has 30 heavy (non-hydrogen) atoms. The van der Waals surface area contributed by atoms with Crippen molar-refractivity contribution < 1.29 is 14.3 Å². The molecule has 0 aromatic heterocycles. The van der Waals surface area contributed by atoms with Crippen molar-refractivity contribution in [1.29, 1.82) is 0 Å². The fourth-order valence-electron chi connectivity index (χ4n) is 2.81. The second kappa shape index (κ2) is 11.2. The van der Waals surface area contributed by atoms with E-state index in [1.54, 1.807) is 25.1 Å². The summed E-state index contributed by atoms with van der Waals surface area (Å²) in [6.07, 6.45) is 0. The van der Waals surface area contributed by atoms with E-state index in [0.717, 1.165) is 11.1 Å². The predicted octanol–water partition coefficient (Wildman–Crippen LogP) is 4.87. The van der Waals surface area contributed by atoms with Crippen LogP contribution in [0.3, 0.4) is 0 Å². The van der Waals surface area contributed by atoms with Gasteiger partial charge in [0, 0.05) is 13.1 Å². The number of halogens is 2. The van der Waals surface area contributed by atoms with Crippen molar-refractivity contribution in [2.45, 2.75) is 40.3 Å². The normalized spacial score (nSPS) is 11.8. The summed E-state index contributed by atoms with van der Waals surface area (Å²) in [5.41, 5.74) is 1.71. The molecule has 2 rings (SSSR count). The van der Waals surface area contributed by atoms with Gasteiger partial charge in [-0.2, -0.15) is 0 Å². The maximum atomic E-state index is 13.0. The van der Waals surface area contributed by atoms with E-state index < -0.39 is 6.04 Å². The molecule has 2 aromatic rings. The van der Waals surface area contributed by atoms with Crippen molar-refractivity contribution in [2.75, 3.05) is 13.2 Å². The Morgan fingerprint density at radius 1 is 1.07 bits per heavy atom. The Balaban J connectivity index is 2.18. The molecule has 0 aliphatic heterocycles. The lowest BCUT2D eigenvalue weighted by Gasteiger charge is -2.29. The molecule has 0 aliphatic rings. The maximum Gasteiger partial charge on any atom is 0.261 e. The fraction of sp³-hybridized carbons (Fsp3) is 0.391. The van der Waals surface area contributed by atoms with E-state index in [1.807, 2.05) is 45.0 Å². The van der Waals surface area contributed by atoms with Gasteiger partial charge in [0.1, 0.15) is 11.8 Å². The highest BCUT2D eigenvalue weighted by Gasteiger charge is 2.26. The summed E-state index contributed by atoms with van der Waals surface area (Å²) in [6.45, 7) is 8.22. The number of ether oxygens (including phenoxy) is 1. The summed E-state index contributed by atoms with van der Waals surface area (Å²) in [6, 6.07) is 12.0. The standard InChI is InChI=1S/C23H28Cl2N2O3/c1-15(2)12-26-23(29)17(4)27(13-18-9-10-19(24)20(25)11-18)22(28)14-30-21-8-6-5-7-16(21)3/h5-11,15,17H,12-14H2,1-4H3,(H,26,29)/t17-/m0/s1. The number of carbonyl (C=O) groups is 2. The van der Waals surface area contributed by atoms with E-state index in [1.165, 1.54) is 4.90 Å². The summed E-state index contributed by atoms with van der Waals surface area (Å²) in [4.78, 5) is 27.2. The van der Waals surface area contributed by atoms with E-state index >= 15 is 0 Å². The highest BCUT2D eigenvalue weighted by molar-refractivity contribution is 6.42. The number of nitrogens with one attached hydrogen (secondary N) is 1. The lowest BCUT2D eigenvalue weighted by molar-refractivity contribution is -0.142. The molecule has 1 N–H and O–H groups in total. The molecule has 0 bridgehead atoms. The van der Waals surface area contributed by atoms with Crippen molar-refractivity contribution in [1.82, 2.24) is 10.2 Å². The van der Waals surface area contributed by atoms with Crippen LogP contribution >= 0.6 is 23.2 Å². The molecule has 0 unspecified atom stereocenters. The van der Waals surface area contributed by atoms with E-state index in [0.29, 0.717) is 28.3 Å². The monoisotopic (exact) mass is 450 g/mol. The molecule has 0 saturated carbocycles. The van der Waals surface area contributed by atoms with Crippen LogP contribution in [0.4, 0.5) is 0 Å². The SMILES string of the molecule is Cc1ccccc1OCC(=O)N(Cc1ccc(Cl)c(Cl)c1)[C@@H](C)C(=O)NCC(C)C. The van der Waals surface area contributed by atoms with Gasteiger partial charge in [-0.25, -0.2) is 0 Å². The first-order chi connectivity index (χ1) is 14.2. The van der Waals surface area contributed by atoms with Crippen LogP contribution in [0.25, 0.3) is 0 Å². The topological polar surface area (TPSA) is 58.6 Å². The maximum absolute atomic E-state index is 13.0. The first-order valence-electron chi connectivity index (χ1n) is 9.88. The van der Waals surface area contributed by atoms with Gasteiger partial charge in [-0.1, -0.05) is 61.3 Å². The average molecular weight is 451 g/mol. The fourth-order valence-corrected chi connectivity index (χ4v) is 3.13. The van der Waals surface area contributed by atoms with Gasteiger partial charge in [0.15, 0.2) is 6.61 Å². The lowest BCUT2D eigenvalue weighted by Crippen LogP contribution is -2.49. The molecule has 1 atom stereocenters. The number of hydrogen-bond acceptors (Lipinski definition) is 3. The molecule has 0 saturated heterocycles. The van der Waals surface area contributed by atoms with Crippen molar-refractivity contribution in [3.63, 3.8) is 0 Å². The second-order valence-electron chi connectivity index (χ2n) is 7.64. The van der Waals surface area contributed by atoms with Crippen LogP contribution in [-0.4, -0.2) is 35.9 Å². The summed E-state index contributed by atoms with van der Waals surface area (Å²) in [7, 11) is 0. The molecular weight excluding hydrogens is 423 g/mol. The van der Waals surface area contributed by atoms with Gasteiger partial charge in [0.2, 0.25) is 5.91 Å². The number of hydrogen-bond donors (Lipinski definition) is 1. The number of aryl methyl sites for hydroxylation is 1. The zero-order valence-electron chi connectivity index (χ0n) is 17.7. The average Bonchev–Trinajstić information content (AvgIpc) is 2.71. The van der Waals surface area contributed by atoms with E-state index in [9.17, 15) is 9.59 Å². The molecule has 2 amide bonds. The number of amides is 2. The number of nitrogens with zero attached hydrogens (tertiary/aromatic N) is 1. The van der Waals surface area contributed by atoms with Gasteiger partial charge in [-0.05, 0) is 49.1 Å². The van der Waals surface area contributed by atoms with E-state index in [2.05, 4.69) is 5.32 Å². The zero-order valence-corrected chi connectivity index (χ0v) is 19.3. The van der Waals surface area contributed by atoms with Crippen LogP contribution in [0.15, 0.2) is 42.5 Å². The number of carbonyl (C=O) groups excluding carboxylic acids is 2. The first kappa shape index (κ1) is 24.0. The van der Waals surface area contributed by atoms with Crippen LogP contribution in [0.1, 0.15) is 31.9 Å². The number of benzene rings is 2. The van der Waals surface area contributed by atoms with Gasteiger partial charge >= 0.3 is 0 Å². The van der Waals surface area contributed by atoms with Crippen LogP contribution in [0, 0.1) is 12.8 Å². The van der Waals surface area contributed by atoms with Gasteiger partial charge in [0.25, 0.3) is 5.91 Å². The number of para-hydroxylation sites is 1. The summed E-state index contributed by atoms with van der Waals surface area (Å²) in [5, 5.41) is 3.72. The molecular formula is C23H28Cl2N2O3. The van der Waals surface area contributed by atoms with Crippen molar-refractivity contribution in [3.8, 4) is 5.75 Å². The summed E-state index contributed by atoms with van der Waals surface area (Å²) in [5.74, 6) is 0.437. The minimum Gasteiger partial charge on any atom is -0.484 e. The number of rotatable bonds is 9. The third-order valence-electron chi connectivity index (χ3n) is 4.63. The van der Waals surface area contributed by atoms with Gasteiger partial charge in [-0.3, -0.25) is 9.59 Å². The van der Waals surface area contributed by atoms with Gasteiger partial charge < -0.3 is 15.0 Å². The second-order valence-corrected chi connectivity index (χ2v) is 8.45. The Morgan fingerprint density at radius 2 is 1.77 bits per heavy atom. The minimum absolute atomic E-state index is 0.173. The zero-order chi connectivity index (χ0) is 22.3. The molecule has 0 radical (unpaired) electrons. The predicted molar refractivity (Wildman–Crippen MR) is 121 cm³/mol. The van der Waals surface area contributed by atoms with Crippen LogP contribution < -0.4 is 10.1 Å². The smallest absolute Gasteiger partial charge is 0.261 e. The molecule has 0 aliphatic carbocycles. The Bertz CT molecular complexity index is 887. The molecule has 0 spiro atoms. The molecule has 7 heteroatoms. The van der Waals surface area contributed by atoms with Gasteiger partial charge in [0.05, 0.1) is 10.0 Å². The molecule has 2 aromatic carbocycles. The first-order valence-corrected chi connectivity index (χ1v) is 10.6. The Labute approximate surface area is 188 Å². The lowest BCUT2D eigenvalue weighted by atomic mass is 10.1. The van der Waals surface area contributed by atoms with Crippen molar-refractivity contribution in [3.05, 3.63) is 63.6 Å². The highest BCUT2D eigenvalue weighted by atomic mass is 35.5. The van der Waals surface area contributed by atoms with E-state index in [-0.39, 0.29) is 25.0 Å². The molecule has 5 nitrogen and oxygen atoms in total. The van der Waals surface area contributed by atoms with Crippen molar-refractivity contribution in [2.24, 2.45) is 5.92 Å². The van der Waals surface area contributed by atoms with Crippen LogP contribution in [0.2, 0.25) is 10.0 Å². The molecule has 162 valence electrons. The Kier molecular flexibility index (Phi) is 9.00. The highest BCUT2D eigenvalue weighted by Crippen LogP contribution is 2.24. The Hall–Kier alpha value is -2.24. The summed E-state index contributed by atoms with van der Waals surface area (Å²) < 4.78 is 5.72. The Morgan fingerprint density at radius 3 is 2.40 bits per heavy atom. The molecule has 0 heterocycles. The summed E-state index contributed by atoms with van der Waals surface area (Å²) >= 11 is 12.1. The molecule has 0 fully saturated rings. The van der Waals surface area contributed by atoms with Crippen LogP contribution in [-0.2, 0) is 16.1 Å². The van der Waals surface area contributed by atoms with Crippen LogP contribution in [0.5, 0.6) is 5.75 Å². The minimum atomic E-state index is -0.675.